The van der Waals surface area contributed by atoms with Gasteiger partial charge in [-0.3, -0.25) is 4.98 Å². The van der Waals surface area contributed by atoms with Gasteiger partial charge in [-0.2, -0.15) is 0 Å². The van der Waals surface area contributed by atoms with Crippen LogP contribution in [0, 0.1) is 0 Å². The second kappa shape index (κ2) is 5.17. The molecule has 0 radical (unpaired) electrons. The highest BCUT2D eigenvalue weighted by Gasteiger charge is 2.20. The van der Waals surface area contributed by atoms with E-state index in [0.29, 0.717) is 5.02 Å². The maximum Gasteiger partial charge on any atom is 0.131 e. The number of halogens is 2. The SMILES string of the molecule is FC(Cc1ccncc1Cl)c1cccc2c1NCC2. The molecule has 0 amide bonds. The van der Waals surface area contributed by atoms with Crippen molar-refractivity contribution in [1.82, 2.24) is 4.98 Å². The van der Waals surface area contributed by atoms with Gasteiger partial charge in [-0.25, -0.2) is 4.39 Å². The molecular formula is C15H14ClFN2. The number of rotatable bonds is 3. The van der Waals surface area contributed by atoms with Gasteiger partial charge in [0, 0.05) is 36.6 Å². The summed E-state index contributed by atoms with van der Waals surface area (Å²) in [5.41, 5.74) is 3.67. The fourth-order valence-electron chi connectivity index (χ4n) is 2.50. The summed E-state index contributed by atoms with van der Waals surface area (Å²) in [6.45, 7) is 0.884. The molecule has 4 heteroatoms. The number of anilines is 1. The van der Waals surface area contributed by atoms with Crippen LogP contribution in [0.25, 0.3) is 0 Å². The molecular weight excluding hydrogens is 263 g/mol. The molecule has 19 heavy (non-hydrogen) atoms. The van der Waals surface area contributed by atoms with Crippen molar-refractivity contribution in [2.75, 3.05) is 11.9 Å². The van der Waals surface area contributed by atoms with E-state index < -0.39 is 6.17 Å². The lowest BCUT2D eigenvalue weighted by molar-refractivity contribution is 0.343. The summed E-state index contributed by atoms with van der Waals surface area (Å²) in [5, 5.41) is 3.78. The van der Waals surface area contributed by atoms with Gasteiger partial charge in [0.2, 0.25) is 0 Å². The molecule has 2 heterocycles. The number of alkyl halides is 1. The maximum atomic E-state index is 14.5. The lowest BCUT2D eigenvalue weighted by Crippen LogP contribution is -2.02. The molecule has 1 aliphatic heterocycles. The molecule has 1 aromatic heterocycles. The number of pyridine rings is 1. The third-order valence-electron chi connectivity index (χ3n) is 3.47. The number of para-hydroxylation sites is 1. The molecule has 1 aliphatic rings. The highest BCUT2D eigenvalue weighted by molar-refractivity contribution is 6.31. The number of fused-ring (bicyclic) bond motifs is 1. The number of nitrogens with zero attached hydrogens (tertiary/aromatic N) is 1. The average Bonchev–Trinajstić information content (AvgIpc) is 2.89. The van der Waals surface area contributed by atoms with Gasteiger partial charge in [0.05, 0.1) is 5.02 Å². The van der Waals surface area contributed by atoms with Crippen molar-refractivity contribution < 1.29 is 4.39 Å². The standard InChI is InChI=1S/C15H14ClFN2/c16-13-9-18-6-4-11(13)8-14(17)12-3-1-2-10-5-7-19-15(10)12/h1-4,6,9,14,19H,5,7-8H2. The third-order valence-corrected chi connectivity index (χ3v) is 3.81. The van der Waals surface area contributed by atoms with Crippen molar-refractivity contribution in [3.63, 3.8) is 0 Å². The molecule has 0 aliphatic carbocycles. The van der Waals surface area contributed by atoms with E-state index in [1.807, 2.05) is 18.2 Å². The van der Waals surface area contributed by atoms with E-state index in [2.05, 4.69) is 10.3 Å². The zero-order chi connectivity index (χ0) is 13.2. The Morgan fingerprint density at radius 3 is 3.11 bits per heavy atom. The first-order valence-corrected chi connectivity index (χ1v) is 6.71. The molecule has 1 aromatic carbocycles. The summed E-state index contributed by atoms with van der Waals surface area (Å²) in [7, 11) is 0. The number of hydrogen-bond acceptors (Lipinski definition) is 2. The summed E-state index contributed by atoms with van der Waals surface area (Å²) in [5.74, 6) is 0. The Kier molecular flexibility index (Phi) is 3.38. The van der Waals surface area contributed by atoms with Crippen molar-refractivity contribution in [2.24, 2.45) is 0 Å². The Morgan fingerprint density at radius 1 is 1.37 bits per heavy atom. The minimum Gasteiger partial charge on any atom is -0.384 e. The lowest BCUT2D eigenvalue weighted by atomic mass is 9.99. The van der Waals surface area contributed by atoms with Crippen molar-refractivity contribution in [1.29, 1.82) is 0 Å². The van der Waals surface area contributed by atoms with E-state index >= 15 is 0 Å². The Balaban J connectivity index is 1.87. The smallest absolute Gasteiger partial charge is 0.131 e. The van der Waals surface area contributed by atoms with Crippen LogP contribution in [0.2, 0.25) is 5.02 Å². The summed E-state index contributed by atoms with van der Waals surface area (Å²) in [6, 6.07) is 7.58. The molecule has 1 atom stereocenters. The Hall–Kier alpha value is -1.61. The van der Waals surface area contributed by atoms with Gasteiger partial charge in [-0.1, -0.05) is 29.8 Å². The van der Waals surface area contributed by atoms with Crippen LogP contribution in [0.15, 0.2) is 36.7 Å². The maximum absolute atomic E-state index is 14.5. The van der Waals surface area contributed by atoms with E-state index in [4.69, 9.17) is 11.6 Å². The van der Waals surface area contributed by atoms with E-state index in [-0.39, 0.29) is 6.42 Å². The Bertz CT molecular complexity index is 600. The molecule has 1 unspecified atom stereocenters. The molecule has 0 fully saturated rings. The van der Waals surface area contributed by atoms with Crippen LogP contribution < -0.4 is 5.32 Å². The van der Waals surface area contributed by atoms with Crippen LogP contribution in [-0.4, -0.2) is 11.5 Å². The van der Waals surface area contributed by atoms with Gasteiger partial charge < -0.3 is 5.32 Å². The van der Waals surface area contributed by atoms with Crippen LogP contribution in [0.4, 0.5) is 10.1 Å². The summed E-state index contributed by atoms with van der Waals surface area (Å²) in [4.78, 5) is 3.92. The van der Waals surface area contributed by atoms with Crippen LogP contribution in [-0.2, 0) is 12.8 Å². The third kappa shape index (κ3) is 2.43. The van der Waals surface area contributed by atoms with Crippen LogP contribution in [0.5, 0.6) is 0 Å². The van der Waals surface area contributed by atoms with Gasteiger partial charge in [-0.15, -0.1) is 0 Å². The second-order valence-electron chi connectivity index (χ2n) is 4.70. The summed E-state index contributed by atoms with van der Waals surface area (Å²) >= 11 is 6.03. The quantitative estimate of drug-likeness (QED) is 0.918. The highest BCUT2D eigenvalue weighted by Crippen LogP contribution is 2.35. The minimum atomic E-state index is -1.06. The van der Waals surface area contributed by atoms with E-state index in [0.717, 1.165) is 29.8 Å². The minimum absolute atomic E-state index is 0.277. The van der Waals surface area contributed by atoms with Gasteiger partial charge in [0.1, 0.15) is 6.17 Å². The fraction of sp³-hybridized carbons (Fsp3) is 0.267. The summed E-state index contributed by atoms with van der Waals surface area (Å²) in [6.07, 6.45) is 3.38. The molecule has 0 saturated carbocycles. The second-order valence-corrected chi connectivity index (χ2v) is 5.10. The molecule has 0 saturated heterocycles. The summed E-state index contributed by atoms with van der Waals surface area (Å²) < 4.78 is 14.5. The topological polar surface area (TPSA) is 24.9 Å². The monoisotopic (exact) mass is 276 g/mol. The predicted octanol–water partition coefficient (Wildman–Crippen LogP) is 3.96. The first kappa shape index (κ1) is 12.4. The van der Waals surface area contributed by atoms with E-state index in [9.17, 15) is 4.39 Å². The van der Waals surface area contributed by atoms with E-state index in [1.165, 1.54) is 5.56 Å². The number of benzene rings is 1. The number of aromatic nitrogens is 1. The number of nitrogens with one attached hydrogen (secondary N) is 1. The molecule has 1 N–H and O–H groups in total. The predicted molar refractivity (Wildman–Crippen MR) is 75.4 cm³/mol. The van der Waals surface area contributed by atoms with Crippen LogP contribution in [0.1, 0.15) is 22.9 Å². The fourth-order valence-corrected chi connectivity index (χ4v) is 2.70. The zero-order valence-electron chi connectivity index (χ0n) is 10.4. The molecule has 98 valence electrons. The first-order chi connectivity index (χ1) is 9.25. The van der Waals surface area contributed by atoms with Crippen molar-refractivity contribution in [3.8, 4) is 0 Å². The lowest BCUT2D eigenvalue weighted by Gasteiger charge is -2.14. The average molecular weight is 277 g/mol. The van der Waals surface area contributed by atoms with Crippen LogP contribution >= 0.6 is 11.6 Å². The first-order valence-electron chi connectivity index (χ1n) is 6.34. The van der Waals surface area contributed by atoms with Crippen molar-refractivity contribution >= 4 is 17.3 Å². The molecule has 0 bridgehead atoms. The Morgan fingerprint density at radius 2 is 2.26 bits per heavy atom. The molecule has 2 aromatic rings. The van der Waals surface area contributed by atoms with E-state index in [1.54, 1.807) is 18.5 Å². The van der Waals surface area contributed by atoms with Crippen LogP contribution in [0.3, 0.4) is 0 Å². The zero-order valence-corrected chi connectivity index (χ0v) is 11.1. The normalized spacial score (nSPS) is 14.8. The Labute approximate surface area is 116 Å². The molecule has 0 spiro atoms. The highest BCUT2D eigenvalue weighted by atomic mass is 35.5. The van der Waals surface area contributed by atoms with Crippen molar-refractivity contribution in [2.45, 2.75) is 19.0 Å². The van der Waals surface area contributed by atoms with Crippen molar-refractivity contribution in [3.05, 3.63) is 58.4 Å². The van der Waals surface area contributed by atoms with Gasteiger partial charge in [0.15, 0.2) is 0 Å². The van der Waals surface area contributed by atoms with Gasteiger partial charge >= 0.3 is 0 Å². The van der Waals surface area contributed by atoms with Gasteiger partial charge in [-0.05, 0) is 23.6 Å². The number of hydrogen-bond donors (Lipinski definition) is 1. The molecule has 3 rings (SSSR count). The van der Waals surface area contributed by atoms with Gasteiger partial charge in [0.25, 0.3) is 0 Å². The molecule has 2 nitrogen and oxygen atoms in total. The largest absolute Gasteiger partial charge is 0.384 e.